The van der Waals surface area contributed by atoms with E-state index < -0.39 is 42.0 Å². The number of oxime groups is 1. The van der Waals surface area contributed by atoms with Crippen molar-refractivity contribution in [3.63, 3.8) is 0 Å². The van der Waals surface area contributed by atoms with Gasteiger partial charge in [-0.2, -0.15) is 0 Å². The molecule has 1 fully saturated rings. The molecule has 0 bridgehead atoms. The lowest BCUT2D eigenvalue weighted by atomic mass is 10.1. The summed E-state index contributed by atoms with van der Waals surface area (Å²) in [5, 5.41) is 25.4. The molecule has 5 N–H and O–H groups in total. The highest BCUT2D eigenvalue weighted by Crippen LogP contribution is 2.36. The summed E-state index contributed by atoms with van der Waals surface area (Å²) in [6.07, 6.45) is 4.93. The standard InChI is InChI=1S/C19H19N7O7S2/c20-19(21-9-35-24-19)14(23-33-7-12(27)28)15(29)22-13-16(30)26-6-10(8-34-17(13)26)5-25-3-1-11(2-4-25)18(31)32/h1-4,6,9,13,17,24H,5,7-8,20H2,(H2-,22,27,28,29,31,32)/t13?,17-,19?/m1/s1. The lowest BCUT2D eigenvalue weighted by Crippen LogP contribution is -2.70. The fourth-order valence-electron chi connectivity index (χ4n) is 3.39. The Hall–Kier alpha value is -3.47. The van der Waals surface area contributed by atoms with Gasteiger partial charge in [0.25, 0.3) is 11.8 Å². The van der Waals surface area contributed by atoms with Gasteiger partial charge in [0.15, 0.2) is 18.9 Å². The molecule has 0 aromatic carbocycles. The molecular formula is C19H19N7O7S2. The predicted molar refractivity (Wildman–Crippen MR) is 121 cm³/mol. The molecule has 4 rings (SSSR count). The number of carboxylic acid groups (broad SMARTS) is 2. The minimum absolute atomic E-state index is 0.0671. The van der Waals surface area contributed by atoms with Gasteiger partial charge in [0, 0.05) is 35.2 Å². The van der Waals surface area contributed by atoms with E-state index in [1.807, 2.05) is 0 Å². The second kappa shape index (κ2) is 10.0. The first-order valence-electron chi connectivity index (χ1n) is 10.0. The second-order valence-electron chi connectivity index (χ2n) is 7.56. The van der Waals surface area contributed by atoms with E-state index in [9.17, 15) is 24.3 Å². The first-order chi connectivity index (χ1) is 16.7. The third kappa shape index (κ3) is 5.29. The Morgan fingerprint density at radius 1 is 1.43 bits per heavy atom. The smallest absolute Gasteiger partial charge is 0.344 e. The fraction of sp³-hybridized carbons (Fsp3) is 0.316. The molecule has 4 heterocycles. The number of carbonyl (C=O) groups is 4. The maximum absolute atomic E-state index is 12.9. The van der Waals surface area contributed by atoms with Gasteiger partial charge in [-0.3, -0.25) is 15.3 Å². The number of hydrogen-bond acceptors (Lipinski definition) is 12. The molecule has 14 nitrogen and oxygen atoms in total. The molecular weight excluding hydrogens is 502 g/mol. The highest BCUT2D eigenvalue weighted by Gasteiger charge is 2.51. The summed E-state index contributed by atoms with van der Waals surface area (Å²) >= 11 is 2.45. The number of amides is 2. The molecule has 1 saturated heterocycles. The molecule has 0 saturated carbocycles. The Balaban J connectivity index is 1.41. The largest absolute Gasteiger partial charge is 0.545 e. The van der Waals surface area contributed by atoms with E-state index in [-0.39, 0.29) is 16.8 Å². The van der Waals surface area contributed by atoms with Crippen molar-refractivity contribution in [2.45, 2.75) is 23.7 Å². The van der Waals surface area contributed by atoms with Crippen LogP contribution in [0.4, 0.5) is 0 Å². The summed E-state index contributed by atoms with van der Waals surface area (Å²) in [7, 11) is 0. The normalized spacial score (nSPS) is 25.4. The number of aliphatic carboxylic acids is 1. The zero-order valence-electron chi connectivity index (χ0n) is 17.8. The first-order valence-corrected chi connectivity index (χ1v) is 11.9. The van der Waals surface area contributed by atoms with Crippen LogP contribution in [0.2, 0.25) is 0 Å². The van der Waals surface area contributed by atoms with Gasteiger partial charge in [0.05, 0.1) is 11.5 Å². The van der Waals surface area contributed by atoms with Crippen LogP contribution in [0.5, 0.6) is 0 Å². The maximum atomic E-state index is 12.9. The summed E-state index contributed by atoms with van der Waals surface area (Å²) in [5.74, 6) is -4.92. The van der Waals surface area contributed by atoms with E-state index in [0.29, 0.717) is 12.3 Å². The minimum Gasteiger partial charge on any atom is -0.545 e. The molecule has 184 valence electrons. The molecule has 1 aromatic heterocycles. The number of thioether (sulfide) groups is 1. The number of fused-ring (bicyclic) bond motifs is 1. The van der Waals surface area contributed by atoms with E-state index >= 15 is 0 Å². The molecule has 1 aromatic rings. The highest BCUT2D eigenvalue weighted by atomic mass is 32.2. The quantitative estimate of drug-likeness (QED) is 0.0846. The van der Waals surface area contributed by atoms with Gasteiger partial charge in [-0.15, -0.1) is 11.8 Å². The fourth-order valence-corrected chi connectivity index (χ4v) is 5.24. The van der Waals surface area contributed by atoms with Crippen LogP contribution in [0.15, 0.2) is 46.4 Å². The van der Waals surface area contributed by atoms with Crippen molar-refractivity contribution in [3.8, 4) is 0 Å². The third-order valence-electron chi connectivity index (χ3n) is 5.08. The Morgan fingerprint density at radius 2 is 2.17 bits per heavy atom. The van der Waals surface area contributed by atoms with Gasteiger partial charge in [-0.25, -0.2) is 19.1 Å². The number of hydrogen-bond donors (Lipinski definition) is 4. The Labute approximate surface area is 206 Å². The van der Waals surface area contributed by atoms with Crippen LogP contribution in [0.1, 0.15) is 10.4 Å². The summed E-state index contributed by atoms with van der Waals surface area (Å²) in [6.45, 7) is -0.345. The zero-order valence-corrected chi connectivity index (χ0v) is 19.5. The van der Waals surface area contributed by atoms with E-state index in [4.69, 9.17) is 10.8 Å². The van der Waals surface area contributed by atoms with Crippen molar-refractivity contribution in [1.29, 1.82) is 0 Å². The molecule has 0 spiro atoms. The van der Waals surface area contributed by atoms with Crippen LogP contribution in [-0.4, -0.2) is 74.6 Å². The number of nitrogens with zero attached hydrogens (tertiary/aromatic N) is 4. The van der Waals surface area contributed by atoms with Crippen molar-refractivity contribution >= 4 is 58.7 Å². The maximum Gasteiger partial charge on any atom is 0.344 e. The molecule has 0 radical (unpaired) electrons. The zero-order chi connectivity index (χ0) is 25.2. The van der Waals surface area contributed by atoms with Gasteiger partial charge in [0.2, 0.25) is 18.1 Å². The van der Waals surface area contributed by atoms with Crippen molar-refractivity contribution < 1.29 is 38.8 Å². The number of nitrogens with two attached hydrogens (primary N) is 1. The number of carbonyl (C=O) groups excluding carboxylic acids is 3. The van der Waals surface area contributed by atoms with Crippen molar-refractivity contribution in [2.75, 3.05) is 12.4 Å². The van der Waals surface area contributed by atoms with Crippen LogP contribution in [0.25, 0.3) is 0 Å². The van der Waals surface area contributed by atoms with Crippen LogP contribution in [0, 0.1) is 0 Å². The molecule has 3 atom stereocenters. The minimum atomic E-state index is -1.75. The average Bonchev–Trinajstić information content (AvgIpc) is 3.27. The lowest BCUT2D eigenvalue weighted by molar-refractivity contribution is -0.689. The number of aromatic nitrogens is 1. The number of β-lactam (4-membered cyclic amide) rings is 1. The average molecular weight is 522 g/mol. The van der Waals surface area contributed by atoms with Gasteiger partial charge >= 0.3 is 5.97 Å². The Morgan fingerprint density at radius 3 is 2.80 bits per heavy atom. The van der Waals surface area contributed by atoms with E-state index in [0.717, 1.165) is 17.5 Å². The topological polar surface area (TPSA) is 203 Å². The van der Waals surface area contributed by atoms with Crippen LogP contribution < -0.4 is 25.4 Å². The molecule has 2 unspecified atom stereocenters. The Kier molecular flexibility index (Phi) is 7.06. The van der Waals surface area contributed by atoms with Gasteiger partial charge in [-0.1, -0.05) is 5.16 Å². The first kappa shape index (κ1) is 24.6. The lowest BCUT2D eigenvalue weighted by Gasteiger charge is -2.47. The summed E-state index contributed by atoms with van der Waals surface area (Å²) in [6, 6.07) is 2.01. The monoisotopic (exact) mass is 521 g/mol. The van der Waals surface area contributed by atoms with E-state index in [2.05, 4.69) is 25.0 Å². The third-order valence-corrected chi connectivity index (χ3v) is 7.10. The predicted octanol–water partition coefficient (Wildman–Crippen LogP) is -3.03. The van der Waals surface area contributed by atoms with Crippen molar-refractivity contribution in [1.82, 2.24) is 14.9 Å². The molecule has 3 aliphatic rings. The van der Waals surface area contributed by atoms with Gasteiger partial charge in [0.1, 0.15) is 11.4 Å². The molecule has 2 amide bonds. The van der Waals surface area contributed by atoms with Gasteiger partial charge < -0.3 is 30.1 Å². The van der Waals surface area contributed by atoms with Gasteiger partial charge in [-0.05, 0) is 11.9 Å². The number of carboxylic acids is 2. The van der Waals surface area contributed by atoms with Crippen molar-refractivity contribution in [3.05, 3.63) is 41.9 Å². The Bertz CT molecular complexity index is 1160. The summed E-state index contributed by atoms with van der Waals surface area (Å²) in [5.41, 5.74) is 7.95. The van der Waals surface area contributed by atoms with Crippen LogP contribution >= 0.6 is 23.7 Å². The SMILES string of the molecule is NC1(C(=NOCC(=O)O)C(=O)NC2C(=O)N3C=C(C[n+]4ccc(C(=O)[O-])cc4)CS[C@H]23)N=CSN1. The van der Waals surface area contributed by atoms with Crippen LogP contribution in [0.3, 0.4) is 0 Å². The number of aliphatic imine (C=N–C) groups is 1. The highest BCUT2D eigenvalue weighted by molar-refractivity contribution is 8.10. The van der Waals surface area contributed by atoms with E-state index in [1.165, 1.54) is 34.3 Å². The molecule has 3 aliphatic heterocycles. The summed E-state index contributed by atoms with van der Waals surface area (Å²) < 4.78 is 4.45. The second-order valence-corrected chi connectivity index (χ2v) is 9.32. The van der Waals surface area contributed by atoms with E-state index in [1.54, 1.807) is 23.2 Å². The molecule has 0 aliphatic carbocycles. The number of aromatic carboxylic acids is 1. The summed E-state index contributed by atoms with van der Waals surface area (Å²) in [4.78, 5) is 57.3. The van der Waals surface area contributed by atoms with Crippen LogP contribution in [-0.2, 0) is 25.8 Å². The molecule has 16 heteroatoms. The number of nitrogens with one attached hydrogen (secondary N) is 2. The number of pyridine rings is 1. The number of rotatable bonds is 9. The molecule has 35 heavy (non-hydrogen) atoms. The van der Waals surface area contributed by atoms with Crippen molar-refractivity contribution in [2.24, 2.45) is 15.9 Å².